The second-order valence-corrected chi connectivity index (χ2v) is 16.0. The largest absolute Gasteiger partial charge is 0.465 e. The summed E-state index contributed by atoms with van der Waals surface area (Å²) in [6.45, 7) is 22.0. The van der Waals surface area contributed by atoms with Crippen molar-refractivity contribution in [2.24, 2.45) is 23.2 Å². The van der Waals surface area contributed by atoms with Crippen molar-refractivity contribution in [1.29, 1.82) is 0 Å². The first-order valence-electron chi connectivity index (χ1n) is 16.1. The van der Waals surface area contributed by atoms with Crippen LogP contribution >= 0.6 is 11.8 Å². The van der Waals surface area contributed by atoms with Crippen LogP contribution in [0.15, 0.2) is 25.3 Å². The molecular weight excluding hydrogens is 548 g/mol. The lowest BCUT2D eigenvalue weighted by molar-refractivity contribution is -0.154. The maximum atomic E-state index is 14.9. The minimum absolute atomic E-state index is 0.00368. The number of likely N-dealkylation sites (tertiary alicyclic amines) is 1. The SMILES string of the molecule is C=CCCCCOC(=O)[C@@H]1[C@H]2C(=O)N(CCCCCCO)C(C(=O)N(CC=C)C(C)(C)CC(C)(C)C)C23S[C@@H]1CC3C. The van der Waals surface area contributed by atoms with E-state index in [-0.39, 0.29) is 41.0 Å². The number of esters is 1. The molecule has 3 heterocycles. The van der Waals surface area contributed by atoms with Crippen molar-refractivity contribution in [2.45, 2.75) is 121 Å². The van der Waals surface area contributed by atoms with E-state index >= 15 is 0 Å². The van der Waals surface area contributed by atoms with Gasteiger partial charge in [-0.3, -0.25) is 14.4 Å². The number of hydrogen-bond acceptors (Lipinski definition) is 6. The Kier molecular flexibility index (Phi) is 11.8. The highest BCUT2D eigenvalue weighted by molar-refractivity contribution is 8.02. The molecule has 3 aliphatic rings. The molecule has 3 saturated heterocycles. The van der Waals surface area contributed by atoms with Crippen LogP contribution in [0.3, 0.4) is 0 Å². The number of unbranched alkanes of at least 4 members (excludes halogenated alkanes) is 5. The van der Waals surface area contributed by atoms with Crippen molar-refractivity contribution in [3.05, 3.63) is 25.3 Å². The van der Waals surface area contributed by atoms with E-state index in [1.54, 1.807) is 17.8 Å². The third kappa shape index (κ3) is 7.11. The quantitative estimate of drug-likeness (QED) is 0.124. The molecule has 3 rings (SSSR count). The van der Waals surface area contributed by atoms with Gasteiger partial charge >= 0.3 is 5.97 Å². The van der Waals surface area contributed by atoms with Gasteiger partial charge in [-0.1, -0.05) is 52.7 Å². The van der Waals surface area contributed by atoms with Crippen LogP contribution in [0.25, 0.3) is 0 Å². The molecule has 3 fully saturated rings. The lowest BCUT2D eigenvalue weighted by atomic mass is 9.66. The van der Waals surface area contributed by atoms with Gasteiger partial charge in [0.1, 0.15) is 6.04 Å². The molecule has 2 bridgehead atoms. The van der Waals surface area contributed by atoms with Crippen molar-refractivity contribution < 1.29 is 24.2 Å². The van der Waals surface area contributed by atoms with Crippen LogP contribution < -0.4 is 0 Å². The summed E-state index contributed by atoms with van der Waals surface area (Å²) in [5, 5.41) is 9.20. The van der Waals surface area contributed by atoms with Crippen LogP contribution in [0.4, 0.5) is 0 Å². The number of nitrogens with zero attached hydrogens (tertiary/aromatic N) is 2. The summed E-state index contributed by atoms with van der Waals surface area (Å²) in [5.74, 6) is -1.36. The molecule has 1 spiro atoms. The molecule has 8 heteroatoms. The lowest BCUT2D eigenvalue weighted by Crippen LogP contribution is -2.61. The highest BCUT2D eigenvalue weighted by Gasteiger charge is 2.76. The van der Waals surface area contributed by atoms with Gasteiger partial charge in [-0.05, 0) is 70.1 Å². The van der Waals surface area contributed by atoms with Gasteiger partial charge in [-0.15, -0.1) is 24.9 Å². The van der Waals surface area contributed by atoms with Crippen molar-refractivity contribution in [3.8, 4) is 0 Å². The van der Waals surface area contributed by atoms with E-state index in [1.807, 2.05) is 15.9 Å². The smallest absolute Gasteiger partial charge is 0.310 e. The number of carbonyl (C=O) groups excluding carboxylic acids is 3. The number of allylic oxidation sites excluding steroid dienone is 1. The van der Waals surface area contributed by atoms with Crippen LogP contribution in [-0.2, 0) is 19.1 Å². The Bertz CT molecular complexity index is 991. The number of fused-ring (bicyclic) bond motifs is 1. The van der Waals surface area contributed by atoms with Gasteiger partial charge < -0.3 is 19.6 Å². The molecule has 3 aliphatic heterocycles. The zero-order valence-electron chi connectivity index (χ0n) is 27.0. The number of aliphatic hydroxyl groups excluding tert-OH is 1. The molecule has 238 valence electrons. The van der Waals surface area contributed by atoms with E-state index in [9.17, 15) is 19.5 Å². The number of hydrogen-bond donors (Lipinski definition) is 1. The number of ether oxygens (including phenoxy) is 1. The monoisotopic (exact) mass is 604 g/mol. The van der Waals surface area contributed by atoms with Crippen molar-refractivity contribution in [1.82, 2.24) is 9.80 Å². The second kappa shape index (κ2) is 14.3. The minimum atomic E-state index is -0.659. The number of thioether (sulfide) groups is 1. The summed E-state index contributed by atoms with van der Waals surface area (Å²) in [7, 11) is 0. The van der Waals surface area contributed by atoms with Crippen LogP contribution in [0.5, 0.6) is 0 Å². The molecule has 2 amide bonds. The van der Waals surface area contributed by atoms with E-state index in [0.29, 0.717) is 19.7 Å². The summed E-state index contributed by atoms with van der Waals surface area (Å²) in [4.78, 5) is 46.6. The van der Waals surface area contributed by atoms with Crippen molar-refractivity contribution in [2.75, 3.05) is 26.3 Å². The van der Waals surface area contributed by atoms with E-state index in [0.717, 1.165) is 57.8 Å². The summed E-state index contributed by atoms with van der Waals surface area (Å²) in [6.07, 6.45) is 11.0. The zero-order valence-corrected chi connectivity index (χ0v) is 27.8. The zero-order chi connectivity index (χ0) is 31.3. The molecule has 0 aromatic rings. The Balaban J connectivity index is 1.98. The number of amides is 2. The second-order valence-electron chi connectivity index (χ2n) is 14.5. The molecule has 7 nitrogen and oxygen atoms in total. The first kappa shape index (κ1) is 34.7. The predicted molar refractivity (Wildman–Crippen MR) is 171 cm³/mol. The fourth-order valence-corrected chi connectivity index (χ4v) is 10.4. The van der Waals surface area contributed by atoms with Crippen molar-refractivity contribution >= 4 is 29.5 Å². The van der Waals surface area contributed by atoms with Crippen molar-refractivity contribution in [3.63, 3.8) is 0 Å². The molecule has 6 atom stereocenters. The van der Waals surface area contributed by atoms with E-state index in [2.05, 4.69) is 54.7 Å². The average molecular weight is 605 g/mol. The Morgan fingerprint density at radius 1 is 1.10 bits per heavy atom. The summed E-state index contributed by atoms with van der Waals surface area (Å²) in [6, 6.07) is -0.637. The van der Waals surface area contributed by atoms with Crippen LogP contribution in [0, 0.1) is 23.2 Å². The molecule has 0 saturated carbocycles. The summed E-state index contributed by atoms with van der Waals surface area (Å²) >= 11 is 1.71. The molecular formula is C34H56N2O5S. The average Bonchev–Trinajstić information content (AvgIpc) is 3.48. The lowest BCUT2D eigenvalue weighted by Gasteiger charge is -2.46. The first-order chi connectivity index (χ1) is 19.8. The molecule has 0 radical (unpaired) electrons. The van der Waals surface area contributed by atoms with Gasteiger partial charge in [0.05, 0.1) is 23.2 Å². The number of aliphatic hydroxyl groups is 1. The molecule has 1 N–H and O–H groups in total. The predicted octanol–water partition coefficient (Wildman–Crippen LogP) is 6.01. The normalized spacial score (nSPS) is 28.6. The Hall–Kier alpha value is -1.80. The van der Waals surface area contributed by atoms with Gasteiger partial charge in [0, 0.05) is 30.5 Å². The van der Waals surface area contributed by atoms with E-state index in [1.165, 1.54) is 0 Å². The van der Waals surface area contributed by atoms with Gasteiger partial charge in [-0.25, -0.2) is 0 Å². The fourth-order valence-electron chi connectivity index (χ4n) is 8.02. The van der Waals surface area contributed by atoms with Crippen LogP contribution in [0.2, 0.25) is 0 Å². The Morgan fingerprint density at radius 2 is 1.79 bits per heavy atom. The van der Waals surface area contributed by atoms with Gasteiger partial charge in [0.15, 0.2) is 0 Å². The highest BCUT2D eigenvalue weighted by atomic mass is 32.2. The highest BCUT2D eigenvalue weighted by Crippen LogP contribution is 2.69. The number of rotatable bonds is 17. The van der Waals surface area contributed by atoms with Gasteiger partial charge in [-0.2, -0.15) is 0 Å². The molecule has 3 unspecified atom stereocenters. The summed E-state index contributed by atoms with van der Waals surface area (Å²) in [5.41, 5.74) is -0.460. The fraction of sp³-hybridized carbons (Fsp3) is 0.794. The molecule has 0 aromatic heterocycles. The standard InChI is InChI=1S/C34H56N2O5S/c1-9-11-12-17-21-41-31(40)26-25-22-24(3)34(42-25)27(26)29(38)35(19-15-13-14-16-20-37)28(34)30(39)36(18-10-2)33(7,8)23-32(4,5)6/h9-10,24-28,37H,1-2,11-23H2,3-8H3/t24?,25-,26+,27+,28?,34?/m1/s1. The Labute approximate surface area is 258 Å². The van der Waals surface area contributed by atoms with E-state index in [4.69, 9.17) is 4.74 Å². The molecule has 0 aromatic carbocycles. The van der Waals surface area contributed by atoms with E-state index < -0.39 is 28.2 Å². The van der Waals surface area contributed by atoms with Crippen LogP contribution in [-0.4, -0.2) is 80.6 Å². The third-order valence-electron chi connectivity index (χ3n) is 9.38. The first-order valence-corrected chi connectivity index (χ1v) is 16.9. The maximum Gasteiger partial charge on any atom is 0.310 e. The molecule has 42 heavy (non-hydrogen) atoms. The van der Waals surface area contributed by atoms with Gasteiger partial charge in [0.2, 0.25) is 11.8 Å². The maximum absolute atomic E-state index is 14.9. The Morgan fingerprint density at radius 3 is 2.40 bits per heavy atom. The minimum Gasteiger partial charge on any atom is -0.465 e. The topological polar surface area (TPSA) is 87.1 Å². The number of carbonyl (C=O) groups is 3. The van der Waals surface area contributed by atoms with Crippen LogP contribution in [0.1, 0.15) is 99.3 Å². The molecule has 0 aliphatic carbocycles. The van der Waals surface area contributed by atoms with Gasteiger partial charge in [0.25, 0.3) is 0 Å². The third-order valence-corrected chi connectivity index (χ3v) is 11.5. The summed E-state index contributed by atoms with van der Waals surface area (Å²) < 4.78 is 5.12.